The monoisotopic (exact) mass is 676 g/mol. The van der Waals surface area contributed by atoms with Crippen molar-refractivity contribution >= 4 is 47.5 Å². The van der Waals surface area contributed by atoms with Crippen LogP contribution in [0, 0.1) is 6.92 Å². The van der Waals surface area contributed by atoms with E-state index in [2.05, 4.69) is 9.97 Å². The Morgan fingerprint density at radius 3 is 2.40 bits per heavy atom. The lowest BCUT2D eigenvalue weighted by Crippen LogP contribution is -2.29. The summed E-state index contributed by atoms with van der Waals surface area (Å²) in [6, 6.07) is 5.44. The first-order valence-corrected chi connectivity index (χ1v) is 17.1. The SMILES string of the molecule is CC/C=C\CC(=O)OC[C@H](COP(=O)(O)OCCCCOc1ccc2c(c1)nc(N)c1nc(C)n(CCO)c12)OC(=O)C/C=C\CC. The number of aliphatic hydroxyl groups excluding tert-OH is 1. The largest absolute Gasteiger partial charge is 0.494 e. The van der Waals surface area contributed by atoms with Crippen molar-refractivity contribution in [2.24, 2.45) is 0 Å². The van der Waals surface area contributed by atoms with Crippen LogP contribution in [0.15, 0.2) is 42.5 Å². The molecule has 4 N–H and O–H groups in total. The van der Waals surface area contributed by atoms with Crippen LogP contribution in [0.5, 0.6) is 5.75 Å². The molecule has 258 valence electrons. The molecule has 2 atom stereocenters. The van der Waals surface area contributed by atoms with Crippen molar-refractivity contribution in [3.05, 3.63) is 48.3 Å². The third-order valence-electron chi connectivity index (χ3n) is 6.78. The molecule has 0 aliphatic carbocycles. The number of anilines is 1. The maximum atomic E-state index is 12.5. The summed E-state index contributed by atoms with van der Waals surface area (Å²) < 4.78 is 40.8. The third kappa shape index (κ3) is 12.1. The Morgan fingerprint density at radius 2 is 1.70 bits per heavy atom. The molecule has 0 fully saturated rings. The molecular weight excluding hydrogens is 631 g/mol. The van der Waals surface area contributed by atoms with Crippen LogP contribution in [-0.4, -0.2) is 75.6 Å². The number of hydrogen-bond acceptors (Lipinski definition) is 12. The van der Waals surface area contributed by atoms with Gasteiger partial charge in [0.2, 0.25) is 0 Å². The maximum absolute atomic E-state index is 12.5. The molecule has 0 saturated carbocycles. The Bertz CT molecular complexity index is 1590. The normalized spacial score (nSPS) is 13.8. The van der Waals surface area contributed by atoms with Gasteiger partial charge in [0.15, 0.2) is 11.9 Å². The summed E-state index contributed by atoms with van der Waals surface area (Å²) in [4.78, 5) is 43.3. The van der Waals surface area contributed by atoms with Crippen molar-refractivity contribution in [2.45, 2.75) is 71.9 Å². The standard InChI is InChI=1S/C32H45N4O10P/c1-4-6-8-12-28(38)43-21-25(46-29(39)13-9-7-5-2)22-45-47(40,41)44-19-11-10-18-42-24-14-15-26-27(20-24)35-32(33)30-31(26)36(16-17-37)23(3)34-30/h6-9,14-15,20,25,37H,4-5,10-13,16-19,21-22H2,1-3H3,(H2,33,35)(H,40,41)/b8-6-,9-7-/t25-/m1/s1. The Labute approximate surface area is 274 Å². The molecule has 2 heterocycles. The maximum Gasteiger partial charge on any atom is 0.472 e. The second-order valence-corrected chi connectivity index (χ2v) is 12.0. The van der Waals surface area contributed by atoms with E-state index >= 15 is 0 Å². The van der Waals surface area contributed by atoms with E-state index < -0.39 is 32.5 Å². The molecule has 0 spiro atoms. The van der Waals surface area contributed by atoms with E-state index in [4.69, 9.17) is 29.0 Å². The van der Waals surface area contributed by atoms with Crippen LogP contribution in [0.25, 0.3) is 21.9 Å². The first-order chi connectivity index (χ1) is 22.6. The van der Waals surface area contributed by atoms with Gasteiger partial charge in [-0.1, -0.05) is 38.2 Å². The molecule has 3 aromatic rings. The molecule has 1 aromatic carbocycles. The number of allylic oxidation sites excluding steroid dienone is 2. The number of nitrogen functional groups attached to an aromatic ring is 1. The lowest BCUT2D eigenvalue weighted by molar-refractivity contribution is -0.160. The second-order valence-electron chi connectivity index (χ2n) is 10.5. The highest BCUT2D eigenvalue weighted by Gasteiger charge is 2.26. The average Bonchev–Trinajstić information content (AvgIpc) is 3.37. The van der Waals surface area contributed by atoms with Crippen molar-refractivity contribution in [1.82, 2.24) is 14.5 Å². The number of fused-ring (bicyclic) bond motifs is 3. The number of aromatic nitrogens is 3. The second kappa shape index (κ2) is 19.1. The summed E-state index contributed by atoms with van der Waals surface area (Å²) in [5.41, 5.74) is 8.17. The number of unbranched alkanes of at least 4 members (excludes halogenated alkanes) is 1. The Balaban J connectivity index is 1.47. The van der Waals surface area contributed by atoms with E-state index in [0.717, 1.165) is 29.6 Å². The number of aryl methyl sites for hydroxylation is 1. The van der Waals surface area contributed by atoms with Crippen LogP contribution in [-0.2, 0) is 39.2 Å². The molecule has 14 nitrogen and oxygen atoms in total. The molecule has 47 heavy (non-hydrogen) atoms. The van der Waals surface area contributed by atoms with Crippen LogP contribution in [0.4, 0.5) is 5.82 Å². The van der Waals surface area contributed by atoms with E-state index in [1.807, 2.05) is 37.5 Å². The van der Waals surface area contributed by atoms with E-state index in [-0.39, 0.29) is 38.5 Å². The lowest BCUT2D eigenvalue weighted by atomic mass is 10.1. The fraction of sp³-hybridized carbons (Fsp3) is 0.500. The van der Waals surface area contributed by atoms with Gasteiger partial charge in [-0.2, -0.15) is 0 Å². The summed E-state index contributed by atoms with van der Waals surface area (Å²) in [5, 5.41) is 10.3. The predicted octanol–water partition coefficient (Wildman–Crippen LogP) is 4.93. The molecule has 0 aliphatic rings. The van der Waals surface area contributed by atoms with Crippen LogP contribution in [0.1, 0.15) is 58.2 Å². The quantitative estimate of drug-likeness (QED) is 0.0596. The van der Waals surface area contributed by atoms with Crippen molar-refractivity contribution in [3.8, 4) is 5.75 Å². The Hall–Kier alpha value is -3.81. The number of carbonyl (C=O) groups is 2. The number of esters is 2. The average molecular weight is 677 g/mol. The van der Waals surface area contributed by atoms with Gasteiger partial charge in [0, 0.05) is 18.0 Å². The molecule has 0 aliphatic heterocycles. The number of phosphoric acid groups is 1. The van der Waals surface area contributed by atoms with Crippen molar-refractivity contribution in [1.29, 1.82) is 0 Å². The summed E-state index contributed by atoms with van der Waals surface area (Å²) in [6.07, 6.45) is 8.29. The van der Waals surface area contributed by atoms with E-state index in [1.165, 1.54) is 0 Å². The van der Waals surface area contributed by atoms with Gasteiger partial charge in [0.05, 0.1) is 50.3 Å². The molecule has 15 heteroatoms. The number of aliphatic hydroxyl groups is 1. The predicted molar refractivity (Wildman–Crippen MR) is 177 cm³/mol. The number of benzene rings is 1. The molecule has 0 radical (unpaired) electrons. The number of rotatable bonds is 21. The third-order valence-corrected chi connectivity index (χ3v) is 7.76. The van der Waals surface area contributed by atoms with Gasteiger partial charge in [-0.3, -0.25) is 18.6 Å². The van der Waals surface area contributed by atoms with Gasteiger partial charge in [-0.25, -0.2) is 14.5 Å². The fourth-order valence-electron chi connectivity index (χ4n) is 4.54. The number of phosphoric ester groups is 1. The minimum atomic E-state index is -4.49. The molecule has 0 saturated heterocycles. The first-order valence-electron chi connectivity index (χ1n) is 15.6. The summed E-state index contributed by atoms with van der Waals surface area (Å²) in [6.45, 7) is 5.40. The smallest absolute Gasteiger partial charge is 0.472 e. The van der Waals surface area contributed by atoms with Crippen LogP contribution in [0.2, 0.25) is 0 Å². The lowest BCUT2D eigenvalue weighted by Gasteiger charge is -2.19. The van der Waals surface area contributed by atoms with Crippen molar-refractivity contribution < 1.29 is 47.4 Å². The molecule has 0 amide bonds. The molecule has 2 aromatic heterocycles. The molecule has 0 bridgehead atoms. The number of nitrogens with two attached hydrogens (primary N) is 1. The number of ether oxygens (including phenoxy) is 3. The highest BCUT2D eigenvalue weighted by atomic mass is 31.2. The summed E-state index contributed by atoms with van der Waals surface area (Å²) >= 11 is 0. The van der Waals surface area contributed by atoms with E-state index in [9.17, 15) is 24.2 Å². The zero-order chi connectivity index (χ0) is 34.2. The van der Waals surface area contributed by atoms with Gasteiger partial charge in [0.25, 0.3) is 0 Å². The van der Waals surface area contributed by atoms with Gasteiger partial charge in [-0.05, 0) is 44.7 Å². The van der Waals surface area contributed by atoms with E-state index in [1.54, 1.807) is 30.4 Å². The highest BCUT2D eigenvalue weighted by molar-refractivity contribution is 7.47. The van der Waals surface area contributed by atoms with Gasteiger partial charge in [-0.15, -0.1) is 0 Å². The van der Waals surface area contributed by atoms with Crippen molar-refractivity contribution in [3.63, 3.8) is 0 Å². The molecular formula is C32H45N4O10P. The first kappa shape index (κ1) is 37.6. The highest BCUT2D eigenvalue weighted by Crippen LogP contribution is 2.43. The molecule has 3 rings (SSSR count). The Morgan fingerprint density at radius 1 is 1.00 bits per heavy atom. The number of imidazole rings is 1. The van der Waals surface area contributed by atoms with Gasteiger partial charge < -0.3 is 34.5 Å². The van der Waals surface area contributed by atoms with Crippen LogP contribution < -0.4 is 10.5 Å². The number of pyridine rings is 1. The zero-order valence-electron chi connectivity index (χ0n) is 27.1. The number of nitrogens with zero attached hydrogens (tertiary/aromatic N) is 3. The molecule has 1 unspecified atom stereocenters. The van der Waals surface area contributed by atoms with Crippen LogP contribution in [0.3, 0.4) is 0 Å². The number of hydrogen-bond donors (Lipinski definition) is 3. The van der Waals surface area contributed by atoms with E-state index in [0.29, 0.717) is 42.8 Å². The minimum absolute atomic E-state index is 0.00346. The summed E-state index contributed by atoms with van der Waals surface area (Å²) in [5.74, 6) is 0.450. The van der Waals surface area contributed by atoms with Gasteiger partial charge >= 0.3 is 19.8 Å². The Kier molecular flexibility index (Phi) is 15.3. The zero-order valence-corrected chi connectivity index (χ0v) is 28.0. The summed E-state index contributed by atoms with van der Waals surface area (Å²) in [7, 11) is -4.49. The van der Waals surface area contributed by atoms with Gasteiger partial charge in [0.1, 0.15) is 23.7 Å². The van der Waals surface area contributed by atoms with Crippen molar-refractivity contribution in [2.75, 3.05) is 38.8 Å². The van der Waals surface area contributed by atoms with Crippen LogP contribution >= 0.6 is 7.82 Å². The fourth-order valence-corrected chi connectivity index (χ4v) is 5.33. The number of carbonyl (C=O) groups excluding carboxylic acids is 2. The minimum Gasteiger partial charge on any atom is -0.494 e. The topological polar surface area (TPSA) is 195 Å².